The minimum absolute atomic E-state index is 0.0167. The molecular formula is C22H20N2OS2. The molecule has 0 spiro atoms. The molecule has 2 aromatic carbocycles. The lowest BCUT2D eigenvalue weighted by molar-refractivity contribution is 0.728. The van der Waals surface area contributed by atoms with Gasteiger partial charge in [0.25, 0.3) is 5.56 Å². The van der Waals surface area contributed by atoms with E-state index in [1.165, 1.54) is 28.0 Å². The highest BCUT2D eigenvalue weighted by molar-refractivity contribution is 7.98. The number of fused-ring (bicyclic) bond motifs is 1. The SMILES string of the molecule is Cc1cc(C)cc(CSc2nc3scc(-c4ccccc4)c3c(=O)n2C)c1. The summed E-state index contributed by atoms with van der Waals surface area (Å²) in [5.74, 6) is 0.797. The van der Waals surface area contributed by atoms with E-state index in [1.807, 2.05) is 42.8 Å². The fourth-order valence-electron chi connectivity index (χ4n) is 3.31. The van der Waals surface area contributed by atoms with Crippen molar-refractivity contribution in [3.8, 4) is 11.1 Å². The minimum Gasteiger partial charge on any atom is -0.290 e. The predicted octanol–water partition coefficient (Wildman–Crippen LogP) is 5.57. The van der Waals surface area contributed by atoms with Gasteiger partial charge in [-0.05, 0) is 25.0 Å². The van der Waals surface area contributed by atoms with Gasteiger partial charge in [0, 0.05) is 23.7 Å². The first-order valence-corrected chi connectivity index (χ1v) is 10.6. The highest BCUT2D eigenvalue weighted by Gasteiger charge is 2.15. The van der Waals surface area contributed by atoms with Crippen LogP contribution in [0, 0.1) is 13.8 Å². The Hall–Kier alpha value is -2.37. The lowest BCUT2D eigenvalue weighted by Crippen LogP contribution is -2.19. The predicted molar refractivity (Wildman–Crippen MR) is 116 cm³/mol. The smallest absolute Gasteiger partial charge is 0.263 e. The Morgan fingerprint density at radius 3 is 2.48 bits per heavy atom. The molecule has 3 nitrogen and oxygen atoms in total. The van der Waals surface area contributed by atoms with E-state index in [-0.39, 0.29) is 5.56 Å². The van der Waals surface area contributed by atoms with Crippen LogP contribution in [0.1, 0.15) is 16.7 Å². The molecule has 0 aliphatic carbocycles. The van der Waals surface area contributed by atoms with Crippen LogP contribution in [0.5, 0.6) is 0 Å². The normalized spacial score (nSPS) is 11.2. The second-order valence-electron chi connectivity index (χ2n) is 6.74. The van der Waals surface area contributed by atoms with Gasteiger partial charge in [-0.25, -0.2) is 4.98 Å². The molecule has 0 atom stereocenters. The lowest BCUT2D eigenvalue weighted by atomic mass is 10.1. The second kappa shape index (κ2) is 7.33. The number of aromatic nitrogens is 2. The van der Waals surface area contributed by atoms with Crippen molar-refractivity contribution >= 4 is 33.3 Å². The Morgan fingerprint density at radius 1 is 1.07 bits per heavy atom. The van der Waals surface area contributed by atoms with Gasteiger partial charge in [-0.15, -0.1) is 11.3 Å². The monoisotopic (exact) mass is 392 g/mol. The molecule has 0 fully saturated rings. The third kappa shape index (κ3) is 3.57. The van der Waals surface area contributed by atoms with Crippen LogP contribution in [-0.2, 0) is 12.8 Å². The molecule has 0 saturated carbocycles. The summed E-state index contributed by atoms with van der Waals surface area (Å²) in [7, 11) is 1.81. The van der Waals surface area contributed by atoms with Crippen molar-refractivity contribution in [2.75, 3.05) is 0 Å². The van der Waals surface area contributed by atoms with Gasteiger partial charge in [0.1, 0.15) is 4.83 Å². The number of thiophene rings is 1. The van der Waals surface area contributed by atoms with E-state index < -0.39 is 0 Å². The summed E-state index contributed by atoms with van der Waals surface area (Å²) >= 11 is 3.14. The average molecular weight is 393 g/mol. The fraction of sp³-hybridized carbons (Fsp3) is 0.182. The van der Waals surface area contributed by atoms with E-state index in [1.54, 1.807) is 16.3 Å². The standard InChI is InChI=1S/C22H20N2OS2/c1-14-9-15(2)11-16(10-14)12-27-22-23-20-19(21(25)24(22)3)18(13-26-20)17-7-5-4-6-8-17/h4-11,13H,12H2,1-3H3. The number of rotatable bonds is 4. The van der Waals surface area contributed by atoms with E-state index in [9.17, 15) is 4.79 Å². The first-order valence-electron chi connectivity index (χ1n) is 8.76. The second-order valence-corrected chi connectivity index (χ2v) is 8.54. The van der Waals surface area contributed by atoms with Crippen molar-refractivity contribution < 1.29 is 0 Å². The fourth-order valence-corrected chi connectivity index (χ4v) is 5.20. The summed E-state index contributed by atoms with van der Waals surface area (Å²) < 4.78 is 1.68. The molecule has 0 radical (unpaired) electrons. The topological polar surface area (TPSA) is 34.9 Å². The first-order chi connectivity index (χ1) is 13.0. The van der Waals surface area contributed by atoms with Crippen LogP contribution >= 0.6 is 23.1 Å². The van der Waals surface area contributed by atoms with Crippen LogP contribution < -0.4 is 5.56 Å². The van der Waals surface area contributed by atoms with Crippen molar-refractivity contribution in [3.05, 3.63) is 81.0 Å². The van der Waals surface area contributed by atoms with Crippen LogP contribution in [0.3, 0.4) is 0 Å². The van der Waals surface area contributed by atoms with Crippen LogP contribution in [0.4, 0.5) is 0 Å². The van der Waals surface area contributed by atoms with Crippen LogP contribution in [0.2, 0.25) is 0 Å². The summed E-state index contributed by atoms with van der Waals surface area (Å²) in [5, 5.41) is 3.50. The molecule has 2 aromatic heterocycles. The van der Waals surface area contributed by atoms with E-state index >= 15 is 0 Å². The molecule has 0 saturated heterocycles. The van der Waals surface area contributed by atoms with Crippen molar-refractivity contribution in [1.29, 1.82) is 0 Å². The van der Waals surface area contributed by atoms with Crippen molar-refractivity contribution in [2.24, 2.45) is 7.05 Å². The summed E-state index contributed by atoms with van der Waals surface area (Å²) in [6, 6.07) is 16.6. The number of hydrogen-bond donors (Lipinski definition) is 0. The maximum Gasteiger partial charge on any atom is 0.263 e. The number of benzene rings is 2. The average Bonchev–Trinajstić information content (AvgIpc) is 3.07. The zero-order chi connectivity index (χ0) is 19.0. The highest BCUT2D eigenvalue weighted by Crippen LogP contribution is 2.32. The Labute approximate surface area is 166 Å². The molecule has 27 heavy (non-hydrogen) atoms. The summed E-state index contributed by atoms with van der Waals surface area (Å²) in [6.07, 6.45) is 0. The minimum atomic E-state index is 0.0167. The van der Waals surface area contributed by atoms with Gasteiger partial charge >= 0.3 is 0 Å². The number of hydrogen-bond acceptors (Lipinski definition) is 4. The van der Waals surface area contributed by atoms with E-state index in [4.69, 9.17) is 4.98 Å². The zero-order valence-corrected chi connectivity index (χ0v) is 17.2. The molecule has 0 aliphatic heterocycles. The van der Waals surface area contributed by atoms with Gasteiger partial charge in [0.05, 0.1) is 5.39 Å². The van der Waals surface area contributed by atoms with Gasteiger partial charge in [-0.3, -0.25) is 9.36 Å². The van der Waals surface area contributed by atoms with Gasteiger partial charge in [-0.1, -0.05) is 71.4 Å². The Morgan fingerprint density at radius 2 is 1.78 bits per heavy atom. The molecule has 5 heteroatoms. The molecule has 0 unspecified atom stereocenters. The molecule has 0 amide bonds. The third-order valence-electron chi connectivity index (χ3n) is 4.51. The molecule has 4 aromatic rings. The van der Waals surface area contributed by atoms with Crippen LogP contribution in [0.15, 0.2) is 63.9 Å². The van der Waals surface area contributed by atoms with Gasteiger partial charge in [0.15, 0.2) is 5.16 Å². The zero-order valence-electron chi connectivity index (χ0n) is 15.5. The maximum absolute atomic E-state index is 13.0. The molecular weight excluding hydrogens is 372 g/mol. The first kappa shape index (κ1) is 18.0. The molecule has 0 N–H and O–H groups in total. The van der Waals surface area contributed by atoms with Crippen LogP contribution in [-0.4, -0.2) is 9.55 Å². The van der Waals surface area contributed by atoms with Gasteiger partial charge < -0.3 is 0 Å². The quantitative estimate of drug-likeness (QED) is 0.336. The highest BCUT2D eigenvalue weighted by atomic mass is 32.2. The molecule has 0 bridgehead atoms. The Balaban J connectivity index is 1.71. The maximum atomic E-state index is 13.0. The third-order valence-corrected chi connectivity index (χ3v) is 6.48. The Bertz CT molecular complexity index is 1160. The van der Waals surface area contributed by atoms with E-state index in [2.05, 4.69) is 32.0 Å². The molecule has 2 heterocycles. The number of aryl methyl sites for hydroxylation is 2. The number of nitrogens with zero attached hydrogens (tertiary/aromatic N) is 2. The Kier molecular flexibility index (Phi) is 4.89. The summed E-state index contributed by atoms with van der Waals surface area (Å²) in [5.41, 5.74) is 5.81. The largest absolute Gasteiger partial charge is 0.290 e. The molecule has 0 aliphatic rings. The van der Waals surface area contributed by atoms with E-state index in [0.717, 1.165) is 26.9 Å². The van der Waals surface area contributed by atoms with Crippen molar-refractivity contribution in [3.63, 3.8) is 0 Å². The van der Waals surface area contributed by atoms with Crippen LogP contribution in [0.25, 0.3) is 21.3 Å². The van der Waals surface area contributed by atoms with Crippen molar-refractivity contribution in [2.45, 2.75) is 24.8 Å². The van der Waals surface area contributed by atoms with Crippen molar-refractivity contribution in [1.82, 2.24) is 9.55 Å². The number of thioether (sulfide) groups is 1. The molecule has 136 valence electrons. The van der Waals surface area contributed by atoms with Gasteiger partial charge in [0.2, 0.25) is 0 Å². The summed E-state index contributed by atoms with van der Waals surface area (Å²) in [6.45, 7) is 4.22. The lowest BCUT2D eigenvalue weighted by Gasteiger charge is -2.09. The van der Waals surface area contributed by atoms with E-state index in [0.29, 0.717) is 5.39 Å². The van der Waals surface area contributed by atoms with Gasteiger partial charge in [-0.2, -0.15) is 0 Å². The summed E-state index contributed by atoms with van der Waals surface area (Å²) in [4.78, 5) is 18.6. The molecule has 4 rings (SSSR count).